The molecule has 35 heavy (non-hydrogen) atoms. The molecule has 1 aliphatic rings. The maximum Gasteiger partial charge on any atom is 0.303 e. The number of benzene rings is 3. The molecule has 0 amide bonds. The second-order valence-corrected chi connectivity index (χ2v) is 8.64. The SMILES string of the molecule is Nc1ccc(C=CC2=CC(C(=O)C(N)CCC(=O)O)N(Cc3ccccc3)c3ccccc32)cc1. The average molecular weight is 468 g/mol. The molecule has 6 nitrogen and oxygen atoms in total. The van der Waals surface area contributed by atoms with E-state index in [0.717, 1.165) is 28.0 Å². The van der Waals surface area contributed by atoms with Crippen LogP contribution in [-0.4, -0.2) is 28.9 Å². The van der Waals surface area contributed by atoms with Gasteiger partial charge >= 0.3 is 5.97 Å². The summed E-state index contributed by atoms with van der Waals surface area (Å²) < 4.78 is 0. The summed E-state index contributed by atoms with van der Waals surface area (Å²) in [5, 5.41) is 9.06. The molecule has 3 aromatic rings. The highest BCUT2D eigenvalue weighted by Gasteiger charge is 2.33. The minimum Gasteiger partial charge on any atom is -0.481 e. The number of carboxylic acid groups (broad SMARTS) is 1. The first-order chi connectivity index (χ1) is 16.9. The first kappa shape index (κ1) is 24.0. The fraction of sp³-hybridized carbons (Fsp3) is 0.172. The molecule has 178 valence electrons. The second kappa shape index (κ2) is 10.8. The van der Waals surface area contributed by atoms with Crippen molar-refractivity contribution in [1.29, 1.82) is 0 Å². The van der Waals surface area contributed by atoms with E-state index in [4.69, 9.17) is 16.6 Å². The number of para-hydroxylation sites is 1. The highest BCUT2D eigenvalue weighted by atomic mass is 16.4. The summed E-state index contributed by atoms with van der Waals surface area (Å²) in [6.45, 7) is 0.519. The number of carboxylic acids is 1. The lowest BCUT2D eigenvalue weighted by atomic mass is 9.89. The number of nitrogen functional groups attached to an aromatic ring is 1. The first-order valence-corrected chi connectivity index (χ1v) is 11.6. The highest BCUT2D eigenvalue weighted by molar-refractivity contribution is 6.00. The summed E-state index contributed by atoms with van der Waals surface area (Å²) >= 11 is 0. The van der Waals surface area contributed by atoms with E-state index >= 15 is 0 Å². The van der Waals surface area contributed by atoms with E-state index in [-0.39, 0.29) is 18.6 Å². The van der Waals surface area contributed by atoms with E-state index in [1.165, 1.54) is 0 Å². The summed E-state index contributed by atoms with van der Waals surface area (Å²) in [6, 6.07) is 24.0. The van der Waals surface area contributed by atoms with E-state index in [9.17, 15) is 9.59 Å². The molecule has 1 aliphatic heterocycles. The van der Waals surface area contributed by atoms with Gasteiger partial charge < -0.3 is 21.5 Å². The minimum absolute atomic E-state index is 0.0932. The fourth-order valence-electron chi connectivity index (χ4n) is 4.25. The Labute approximate surface area is 205 Å². The molecule has 0 saturated heterocycles. The number of fused-ring (bicyclic) bond motifs is 1. The molecule has 2 atom stereocenters. The number of aliphatic carboxylic acids is 1. The van der Waals surface area contributed by atoms with Gasteiger partial charge in [0.2, 0.25) is 0 Å². The first-order valence-electron chi connectivity index (χ1n) is 11.6. The number of rotatable bonds is 9. The third kappa shape index (κ3) is 5.86. The van der Waals surface area contributed by atoms with Gasteiger partial charge in [0.1, 0.15) is 6.04 Å². The maximum absolute atomic E-state index is 13.5. The van der Waals surface area contributed by atoms with Crippen LogP contribution in [0.4, 0.5) is 11.4 Å². The van der Waals surface area contributed by atoms with Crippen LogP contribution in [0.5, 0.6) is 0 Å². The van der Waals surface area contributed by atoms with Crippen molar-refractivity contribution in [2.24, 2.45) is 5.73 Å². The number of Topliss-reactive ketones (excluding diaryl/α,β-unsaturated/α-hetero) is 1. The van der Waals surface area contributed by atoms with Gasteiger partial charge in [-0.25, -0.2) is 0 Å². The van der Waals surface area contributed by atoms with Crippen LogP contribution in [-0.2, 0) is 16.1 Å². The highest BCUT2D eigenvalue weighted by Crippen LogP contribution is 2.37. The molecule has 4 rings (SSSR count). The van der Waals surface area contributed by atoms with Gasteiger partial charge in [0.05, 0.1) is 6.04 Å². The van der Waals surface area contributed by atoms with Crippen molar-refractivity contribution in [2.75, 3.05) is 10.6 Å². The van der Waals surface area contributed by atoms with Gasteiger partial charge in [0, 0.05) is 29.9 Å². The summed E-state index contributed by atoms with van der Waals surface area (Å²) in [5.74, 6) is -1.17. The molecular weight excluding hydrogens is 438 g/mol. The van der Waals surface area contributed by atoms with Gasteiger partial charge in [-0.15, -0.1) is 0 Å². The number of carbonyl (C=O) groups is 2. The minimum atomic E-state index is -0.967. The van der Waals surface area contributed by atoms with Crippen LogP contribution in [0.25, 0.3) is 11.6 Å². The second-order valence-electron chi connectivity index (χ2n) is 8.64. The Morgan fingerprint density at radius 1 is 0.943 bits per heavy atom. The molecule has 5 N–H and O–H groups in total. The quantitative estimate of drug-likeness (QED) is 0.399. The zero-order chi connectivity index (χ0) is 24.8. The molecule has 0 aliphatic carbocycles. The van der Waals surface area contributed by atoms with E-state index in [0.29, 0.717) is 12.2 Å². The summed E-state index contributed by atoms with van der Waals surface area (Å²) in [6.07, 6.45) is 5.86. The van der Waals surface area contributed by atoms with Crippen molar-refractivity contribution in [1.82, 2.24) is 0 Å². The van der Waals surface area contributed by atoms with E-state index in [1.807, 2.05) is 102 Å². The number of nitrogens with zero attached hydrogens (tertiary/aromatic N) is 1. The third-order valence-corrected chi connectivity index (χ3v) is 6.11. The van der Waals surface area contributed by atoms with Crippen LogP contribution in [0.15, 0.2) is 91.0 Å². The number of hydrogen-bond acceptors (Lipinski definition) is 5. The van der Waals surface area contributed by atoms with Crippen molar-refractivity contribution in [3.05, 3.63) is 108 Å². The topological polar surface area (TPSA) is 110 Å². The van der Waals surface area contributed by atoms with Crippen LogP contribution in [0.2, 0.25) is 0 Å². The molecular formula is C29H29N3O3. The summed E-state index contributed by atoms with van der Waals surface area (Å²) in [7, 11) is 0. The monoisotopic (exact) mass is 467 g/mol. The largest absolute Gasteiger partial charge is 0.481 e. The zero-order valence-corrected chi connectivity index (χ0v) is 19.4. The Morgan fingerprint density at radius 2 is 1.63 bits per heavy atom. The van der Waals surface area contributed by atoms with E-state index in [2.05, 4.69) is 0 Å². The Balaban J connectivity index is 1.73. The van der Waals surface area contributed by atoms with Crippen molar-refractivity contribution >= 4 is 34.8 Å². The molecule has 0 spiro atoms. The lowest BCUT2D eigenvalue weighted by Gasteiger charge is -2.37. The number of anilines is 2. The zero-order valence-electron chi connectivity index (χ0n) is 19.4. The van der Waals surface area contributed by atoms with Crippen LogP contribution < -0.4 is 16.4 Å². The van der Waals surface area contributed by atoms with Gasteiger partial charge in [0.25, 0.3) is 0 Å². The fourth-order valence-corrected chi connectivity index (χ4v) is 4.25. The number of ketones is 1. The van der Waals surface area contributed by atoms with Crippen molar-refractivity contribution in [3.63, 3.8) is 0 Å². The molecule has 0 bridgehead atoms. The van der Waals surface area contributed by atoms with Crippen molar-refractivity contribution in [3.8, 4) is 0 Å². The predicted octanol–water partition coefficient (Wildman–Crippen LogP) is 4.52. The number of allylic oxidation sites excluding steroid dienone is 2. The van der Waals surface area contributed by atoms with Gasteiger partial charge in [-0.1, -0.05) is 72.8 Å². The number of hydrogen-bond donors (Lipinski definition) is 3. The lowest BCUT2D eigenvalue weighted by Crippen LogP contribution is -2.49. The summed E-state index contributed by atoms with van der Waals surface area (Å²) in [4.78, 5) is 26.6. The molecule has 0 radical (unpaired) electrons. The van der Waals surface area contributed by atoms with Crippen LogP contribution in [0, 0.1) is 0 Å². The molecule has 1 heterocycles. The Bertz CT molecular complexity index is 1250. The molecule has 0 saturated carbocycles. The molecule has 6 heteroatoms. The number of carbonyl (C=O) groups excluding carboxylic acids is 1. The predicted molar refractivity (Wildman–Crippen MR) is 141 cm³/mol. The van der Waals surface area contributed by atoms with E-state index in [1.54, 1.807) is 0 Å². The third-order valence-electron chi connectivity index (χ3n) is 6.11. The Kier molecular flexibility index (Phi) is 7.43. The van der Waals surface area contributed by atoms with Gasteiger partial charge in [-0.05, 0) is 47.4 Å². The number of nitrogens with two attached hydrogens (primary N) is 2. The van der Waals surface area contributed by atoms with E-state index < -0.39 is 18.1 Å². The van der Waals surface area contributed by atoms with Gasteiger partial charge in [-0.2, -0.15) is 0 Å². The van der Waals surface area contributed by atoms with Crippen molar-refractivity contribution in [2.45, 2.75) is 31.5 Å². The van der Waals surface area contributed by atoms with Gasteiger partial charge in [-0.3, -0.25) is 9.59 Å². The average Bonchev–Trinajstić information content (AvgIpc) is 2.87. The summed E-state index contributed by atoms with van der Waals surface area (Å²) in [5.41, 5.74) is 17.6. The molecule has 0 fully saturated rings. The van der Waals surface area contributed by atoms with Crippen LogP contribution in [0.1, 0.15) is 29.5 Å². The molecule has 3 aromatic carbocycles. The standard InChI is InChI=1S/C29H29N3O3/c30-23-14-11-20(12-15-23)10-13-22-18-27(29(35)25(31)16-17-28(33)34)32(19-21-6-2-1-3-7-21)26-9-5-4-8-24(22)26/h1-15,18,25,27H,16-17,19,30-31H2,(H,33,34). The Morgan fingerprint density at radius 3 is 2.34 bits per heavy atom. The Hall–Kier alpha value is -4.16. The smallest absolute Gasteiger partial charge is 0.303 e. The van der Waals surface area contributed by atoms with Crippen LogP contribution >= 0.6 is 0 Å². The molecule has 2 unspecified atom stereocenters. The maximum atomic E-state index is 13.5. The normalized spacial score (nSPS) is 16.0. The van der Waals surface area contributed by atoms with Crippen LogP contribution in [0.3, 0.4) is 0 Å². The molecule has 0 aromatic heterocycles. The van der Waals surface area contributed by atoms with Gasteiger partial charge in [0.15, 0.2) is 5.78 Å². The lowest BCUT2D eigenvalue weighted by molar-refractivity contribution is -0.137. The van der Waals surface area contributed by atoms with Crippen molar-refractivity contribution < 1.29 is 14.7 Å².